The van der Waals surface area contributed by atoms with E-state index in [1.807, 2.05) is 74.5 Å². The minimum Gasteiger partial charge on any atom is -0.462 e. The van der Waals surface area contributed by atoms with E-state index in [9.17, 15) is 10.1 Å². The molecule has 2 rings (SSSR count). The van der Waals surface area contributed by atoms with Crippen LogP contribution in [0.5, 0.6) is 0 Å². The summed E-state index contributed by atoms with van der Waals surface area (Å²) in [4.78, 5) is 12.2. The summed E-state index contributed by atoms with van der Waals surface area (Å²) in [6.07, 6.45) is 0. The number of nitrogens with zero attached hydrogens (tertiary/aromatic N) is 1. The third kappa shape index (κ3) is 4.71. The molecule has 2 aromatic carbocycles. The molecule has 128 valence electrons. The molecular formula is C21H22N2O2. The Balaban J connectivity index is 2.46. The normalized spacial score (nSPS) is 12.6. The quantitative estimate of drug-likeness (QED) is 0.490. The fourth-order valence-electron chi connectivity index (χ4n) is 2.47. The molecule has 1 unspecified atom stereocenters. The van der Waals surface area contributed by atoms with E-state index >= 15 is 0 Å². The number of carbonyl (C=O) groups is 1. The molecule has 0 bridgehead atoms. The predicted octanol–water partition coefficient (Wildman–Crippen LogP) is 4.14. The minimum absolute atomic E-state index is 0.0199. The van der Waals surface area contributed by atoms with Crippen LogP contribution in [0, 0.1) is 18.3 Å². The van der Waals surface area contributed by atoms with E-state index in [4.69, 9.17) is 4.74 Å². The molecule has 0 fully saturated rings. The van der Waals surface area contributed by atoms with Crippen molar-refractivity contribution in [3.8, 4) is 6.07 Å². The Hall–Kier alpha value is -3.06. The van der Waals surface area contributed by atoms with Crippen molar-refractivity contribution >= 4 is 11.7 Å². The molecule has 4 nitrogen and oxygen atoms in total. The Labute approximate surface area is 148 Å². The highest BCUT2D eigenvalue weighted by Crippen LogP contribution is 2.23. The first-order valence-corrected chi connectivity index (χ1v) is 8.26. The van der Waals surface area contributed by atoms with Gasteiger partial charge >= 0.3 is 5.97 Å². The highest BCUT2D eigenvalue weighted by molar-refractivity contribution is 6.01. The van der Waals surface area contributed by atoms with Crippen LogP contribution in [0.15, 0.2) is 60.2 Å². The lowest BCUT2D eigenvalue weighted by molar-refractivity contribution is -0.137. The average Bonchev–Trinajstić information content (AvgIpc) is 2.63. The van der Waals surface area contributed by atoms with Crippen LogP contribution < -0.4 is 5.32 Å². The molecule has 0 heterocycles. The highest BCUT2D eigenvalue weighted by atomic mass is 16.5. The predicted molar refractivity (Wildman–Crippen MR) is 98.3 cm³/mol. The van der Waals surface area contributed by atoms with Crippen LogP contribution in [0.4, 0.5) is 0 Å². The second-order valence-electron chi connectivity index (χ2n) is 5.73. The Morgan fingerprint density at radius 3 is 2.36 bits per heavy atom. The maximum absolute atomic E-state index is 12.2. The van der Waals surface area contributed by atoms with Gasteiger partial charge in [-0.3, -0.25) is 0 Å². The Morgan fingerprint density at radius 2 is 1.80 bits per heavy atom. The van der Waals surface area contributed by atoms with E-state index in [-0.39, 0.29) is 18.2 Å². The van der Waals surface area contributed by atoms with E-state index in [0.717, 1.165) is 16.7 Å². The van der Waals surface area contributed by atoms with E-state index < -0.39 is 5.97 Å². The molecule has 0 saturated heterocycles. The van der Waals surface area contributed by atoms with Crippen molar-refractivity contribution in [3.05, 3.63) is 76.9 Å². The van der Waals surface area contributed by atoms with Crippen LogP contribution in [-0.4, -0.2) is 12.6 Å². The summed E-state index contributed by atoms with van der Waals surface area (Å²) in [5.41, 5.74) is 3.41. The summed E-state index contributed by atoms with van der Waals surface area (Å²) in [5, 5.41) is 12.9. The van der Waals surface area contributed by atoms with Crippen LogP contribution in [0.25, 0.3) is 5.70 Å². The first-order valence-electron chi connectivity index (χ1n) is 8.26. The molecular weight excluding hydrogens is 312 g/mol. The van der Waals surface area contributed by atoms with Crippen molar-refractivity contribution in [1.29, 1.82) is 5.26 Å². The number of hydrogen-bond donors (Lipinski definition) is 1. The second-order valence-corrected chi connectivity index (χ2v) is 5.73. The molecule has 0 aliphatic carbocycles. The smallest absolute Gasteiger partial charge is 0.351 e. The molecule has 25 heavy (non-hydrogen) atoms. The van der Waals surface area contributed by atoms with Crippen molar-refractivity contribution in [3.63, 3.8) is 0 Å². The topological polar surface area (TPSA) is 62.1 Å². The lowest BCUT2D eigenvalue weighted by Gasteiger charge is -2.20. The molecule has 1 atom stereocenters. The SMILES string of the molecule is CCOC(=O)/C(C#N)=C(\NC(C)c1ccccc1)c1ccc(C)cc1. The molecule has 0 aromatic heterocycles. The highest BCUT2D eigenvalue weighted by Gasteiger charge is 2.20. The lowest BCUT2D eigenvalue weighted by atomic mass is 10.0. The third-order valence-corrected chi connectivity index (χ3v) is 3.84. The van der Waals surface area contributed by atoms with Gasteiger partial charge in [0, 0.05) is 6.04 Å². The first-order chi connectivity index (χ1) is 12.1. The zero-order valence-electron chi connectivity index (χ0n) is 14.7. The first kappa shape index (κ1) is 18.3. The number of carbonyl (C=O) groups excluding carboxylic acids is 1. The van der Waals surface area contributed by atoms with Gasteiger partial charge in [-0.1, -0.05) is 60.2 Å². The second kappa shape index (κ2) is 8.70. The minimum atomic E-state index is -0.617. The van der Waals surface area contributed by atoms with Gasteiger partial charge in [0.15, 0.2) is 5.57 Å². The molecule has 2 aromatic rings. The summed E-state index contributed by atoms with van der Waals surface area (Å²) in [5.74, 6) is -0.617. The van der Waals surface area contributed by atoms with Crippen molar-refractivity contribution in [2.45, 2.75) is 26.8 Å². The van der Waals surface area contributed by atoms with Crippen molar-refractivity contribution in [2.75, 3.05) is 6.61 Å². The largest absolute Gasteiger partial charge is 0.462 e. The lowest BCUT2D eigenvalue weighted by Crippen LogP contribution is -2.21. The molecule has 0 spiro atoms. The van der Waals surface area contributed by atoms with Gasteiger partial charge in [-0.25, -0.2) is 4.79 Å². The number of nitriles is 1. The zero-order chi connectivity index (χ0) is 18.2. The van der Waals surface area contributed by atoms with Gasteiger partial charge in [0.05, 0.1) is 12.3 Å². The van der Waals surface area contributed by atoms with E-state index in [0.29, 0.717) is 5.70 Å². The van der Waals surface area contributed by atoms with Gasteiger partial charge in [-0.05, 0) is 31.9 Å². The Morgan fingerprint density at radius 1 is 1.16 bits per heavy atom. The van der Waals surface area contributed by atoms with Crippen LogP contribution in [0.1, 0.15) is 36.6 Å². The maximum atomic E-state index is 12.2. The molecule has 0 aliphatic heterocycles. The molecule has 4 heteroatoms. The summed E-state index contributed by atoms with van der Waals surface area (Å²) in [6.45, 7) is 5.92. The Kier molecular flexibility index (Phi) is 6.36. The van der Waals surface area contributed by atoms with E-state index in [2.05, 4.69) is 5.32 Å². The number of ether oxygens (including phenoxy) is 1. The van der Waals surface area contributed by atoms with Gasteiger partial charge in [0.25, 0.3) is 0 Å². The van der Waals surface area contributed by atoms with Gasteiger partial charge < -0.3 is 10.1 Å². The maximum Gasteiger partial charge on any atom is 0.351 e. The van der Waals surface area contributed by atoms with Crippen molar-refractivity contribution in [1.82, 2.24) is 5.32 Å². The number of rotatable bonds is 6. The summed E-state index contributed by atoms with van der Waals surface area (Å²) in [6, 6.07) is 19.5. The standard InChI is InChI=1S/C21H22N2O2/c1-4-25-21(24)19(14-22)20(18-12-10-15(2)11-13-18)23-16(3)17-8-6-5-7-9-17/h5-13,16,23H,4H2,1-3H3/b20-19-. The number of hydrogen-bond acceptors (Lipinski definition) is 4. The zero-order valence-corrected chi connectivity index (χ0v) is 14.7. The van der Waals surface area contributed by atoms with Crippen LogP contribution in [0.3, 0.4) is 0 Å². The van der Waals surface area contributed by atoms with Gasteiger partial charge in [-0.15, -0.1) is 0 Å². The molecule has 0 amide bonds. The summed E-state index contributed by atoms with van der Waals surface area (Å²) in [7, 11) is 0. The van der Waals surface area contributed by atoms with Gasteiger partial charge in [0.1, 0.15) is 6.07 Å². The summed E-state index contributed by atoms with van der Waals surface area (Å²) < 4.78 is 5.05. The average molecular weight is 334 g/mol. The fourth-order valence-corrected chi connectivity index (χ4v) is 2.47. The number of aryl methyl sites for hydroxylation is 1. The molecule has 0 radical (unpaired) electrons. The van der Waals surface area contributed by atoms with E-state index in [1.54, 1.807) is 6.92 Å². The van der Waals surface area contributed by atoms with Crippen LogP contribution in [0.2, 0.25) is 0 Å². The Bertz CT molecular complexity index is 787. The summed E-state index contributed by atoms with van der Waals surface area (Å²) >= 11 is 0. The van der Waals surface area contributed by atoms with Crippen molar-refractivity contribution < 1.29 is 9.53 Å². The number of esters is 1. The molecule has 0 aliphatic rings. The van der Waals surface area contributed by atoms with Crippen LogP contribution in [-0.2, 0) is 9.53 Å². The van der Waals surface area contributed by atoms with Crippen molar-refractivity contribution in [2.24, 2.45) is 0 Å². The molecule has 0 saturated carbocycles. The number of benzene rings is 2. The fraction of sp³-hybridized carbons (Fsp3) is 0.238. The molecule has 1 N–H and O–H groups in total. The number of nitrogens with one attached hydrogen (secondary N) is 1. The monoisotopic (exact) mass is 334 g/mol. The third-order valence-electron chi connectivity index (χ3n) is 3.84. The van der Waals surface area contributed by atoms with Gasteiger partial charge in [-0.2, -0.15) is 5.26 Å². The van der Waals surface area contributed by atoms with E-state index in [1.165, 1.54) is 0 Å². The van der Waals surface area contributed by atoms with Gasteiger partial charge in [0.2, 0.25) is 0 Å². The van der Waals surface area contributed by atoms with Crippen LogP contribution >= 0.6 is 0 Å².